The van der Waals surface area contributed by atoms with E-state index in [1.54, 1.807) is 24.3 Å². The smallest absolute Gasteiger partial charge is 0.243 e. The highest BCUT2D eigenvalue weighted by Gasteiger charge is 2.07. The Morgan fingerprint density at radius 3 is 2.03 bits per heavy atom. The SMILES string of the molecule is CCCC(=O)Nc1ccc(NC(=O)CNc2ccccc2OCCOc2ccccc2)cc1. The minimum absolute atomic E-state index is 0.0222. The number of carbonyl (C=O) groups is 2. The lowest BCUT2D eigenvalue weighted by molar-refractivity contribution is -0.116. The number of hydrogen-bond donors (Lipinski definition) is 3. The molecule has 3 rings (SSSR count). The molecule has 7 nitrogen and oxygen atoms in total. The normalized spacial score (nSPS) is 10.2. The van der Waals surface area contributed by atoms with Crippen LogP contribution in [-0.2, 0) is 9.59 Å². The van der Waals surface area contributed by atoms with Crippen molar-refractivity contribution < 1.29 is 19.1 Å². The number of hydrogen-bond acceptors (Lipinski definition) is 5. The van der Waals surface area contributed by atoms with E-state index in [4.69, 9.17) is 9.47 Å². The first-order chi connectivity index (χ1) is 16.1. The second-order valence-electron chi connectivity index (χ2n) is 7.28. The van der Waals surface area contributed by atoms with Crippen LogP contribution in [0.3, 0.4) is 0 Å². The van der Waals surface area contributed by atoms with Crippen LogP contribution in [-0.4, -0.2) is 31.6 Å². The third-order valence-corrected chi connectivity index (χ3v) is 4.61. The van der Waals surface area contributed by atoms with E-state index >= 15 is 0 Å². The first kappa shape index (κ1) is 23.7. The van der Waals surface area contributed by atoms with Crippen molar-refractivity contribution in [2.45, 2.75) is 19.8 Å². The van der Waals surface area contributed by atoms with Gasteiger partial charge in [-0.1, -0.05) is 37.3 Å². The summed E-state index contributed by atoms with van der Waals surface area (Å²) >= 11 is 0. The minimum atomic E-state index is -0.194. The maximum atomic E-state index is 12.4. The summed E-state index contributed by atoms with van der Waals surface area (Å²) in [6.45, 7) is 2.82. The molecule has 0 spiro atoms. The molecule has 0 radical (unpaired) electrons. The van der Waals surface area contributed by atoms with Crippen LogP contribution in [0.5, 0.6) is 11.5 Å². The average molecular weight is 448 g/mol. The predicted octanol–water partition coefficient (Wildman–Crippen LogP) is 4.93. The Hall–Kier alpha value is -4.00. The first-order valence-electron chi connectivity index (χ1n) is 11.0. The van der Waals surface area contributed by atoms with E-state index in [2.05, 4.69) is 16.0 Å². The summed E-state index contributed by atoms with van der Waals surface area (Å²) in [5.74, 6) is 1.22. The van der Waals surface area contributed by atoms with Gasteiger partial charge in [-0.3, -0.25) is 9.59 Å². The van der Waals surface area contributed by atoms with Crippen molar-refractivity contribution in [1.29, 1.82) is 0 Å². The van der Waals surface area contributed by atoms with Crippen molar-refractivity contribution in [1.82, 2.24) is 0 Å². The Balaban J connectivity index is 1.43. The van der Waals surface area contributed by atoms with Crippen molar-refractivity contribution in [2.24, 2.45) is 0 Å². The Labute approximate surface area is 194 Å². The molecule has 0 unspecified atom stereocenters. The van der Waals surface area contributed by atoms with Crippen LogP contribution in [0, 0.1) is 0 Å². The lowest BCUT2D eigenvalue weighted by Gasteiger charge is -2.14. The van der Waals surface area contributed by atoms with Crippen LogP contribution in [0.25, 0.3) is 0 Å². The highest BCUT2D eigenvalue weighted by molar-refractivity contribution is 5.95. The quantitative estimate of drug-likeness (QED) is 0.343. The molecule has 33 heavy (non-hydrogen) atoms. The fourth-order valence-corrected chi connectivity index (χ4v) is 3.03. The molecule has 2 amide bonds. The summed E-state index contributed by atoms with van der Waals surface area (Å²) in [7, 11) is 0. The van der Waals surface area contributed by atoms with Crippen molar-refractivity contribution in [2.75, 3.05) is 35.7 Å². The maximum absolute atomic E-state index is 12.4. The van der Waals surface area contributed by atoms with Gasteiger partial charge in [0, 0.05) is 17.8 Å². The van der Waals surface area contributed by atoms with Gasteiger partial charge >= 0.3 is 0 Å². The van der Waals surface area contributed by atoms with Gasteiger partial charge in [0.15, 0.2) is 0 Å². The topological polar surface area (TPSA) is 88.7 Å². The zero-order chi connectivity index (χ0) is 23.3. The standard InChI is InChI=1S/C26H29N3O4/c1-2-8-25(30)28-20-13-15-21(16-14-20)29-26(31)19-27-23-11-6-7-12-24(23)33-18-17-32-22-9-4-3-5-10-22/h3-7,9-16,27H,2,8,17-19H2,1H3,(H,28,30)(H,29,31). The Morgan fingerprint density at radius 2 is 1.33 bits per heavy atom. The summed E-state index contributed by atoms with van der Waals surface area (Å²) in [5.41, 5.74) is 2.08. The molecule has 0 heterocycles. The van der Waals surface area contributed by atoms with Gasteiger partial charge in [0.2, 0.25) is 11.8 Å². The summed E-state index contributed by atoms with van der Waals surface area (Å²) in [5, 5.41) is 8.76. The summed E-state index contributed by atoms with van der Waals surface area (Å²) in [4.78, 5) is 24.0. The molecule has 0 aliphatic rings. The van der Waals surface area contributed by atoms with Gasteiger partial charge in [0.05, 0.1) is 12.2 Å². The Bertz CT molecular complexity index is 1020. The minimum Gasteiger partial charge on any atom is -0.490 e. The van der Waals surface area contributed by atoms with Gasteiger partial charge in [0.25, 0.3) is 0 Å². The van der Waals surface area contributed by atoms with Crippen LogP contribution < -0.4 is 25.4 Å². The molecule has 0 aliphatic heterocycles. The molecular formula is C26H29N3O4. The molecule has 3 aromatic rings. The van der Waals surface area contributed by atoms with E-state index in [-0.39, 0.29) is 18.4 Å². The molecule has 3 N–H and O–H groups in total. The van der Waals surface area contributed by atoms with Crippen molar-refractivity contribution in [3.05, 3.63) is 78.9 Å². The van der Waals surface area contributed by atoms with E-state index in [0.717, 1.165) is 17.9 Å². The fourth-order valence-electron chi connectivity index (χ4n) is 3.03. The molecule has 0 aliphatic carbocycles. The van der Waals surface area contributed by atoms with Gasteiger partial charge in [0.1, 0.15) is 24.7 Å². The lowest BCUT2D eigenvalue weighted by atomic mass is 10.2. The third kappa shape index (κ3) is 8.22. The van der Waals surface area contributed by atoms with Gasteiger partial charge in [-0.2, -0.15) is 0 Å². The van der Waals surface area contributed by atoms with Crippen LogP contribution in [0.1, 0.15) is 19.8 Å². The number of amides is 2. The predicted molar refractivity (Wildman–Crippen MR) is 131 cm³/mol. The number of nitrogens with one attached hydrogen (secondary N) is 3. The fraction of sp³-hybridized carbons (Fsp3) is 0.231. The van der Waals surface area contributed by atoms with Crippen LogP contribution >= 0.6 is 0 Å². The number of benzene rings is 3. The molecule has 0 aromatic heterocycles. The lowest BCUT2D eigenvalue weighted by Crippen LogP contribution is -2.22. The van der Waals surface area contributed by atoms with E-state index in [0.29, 0.717) is 36.8 Å². The highest BCUT2D eigenvalue weighted by atomic mass is 16.5. The van der Waals surface area contributed by atoms with Crippen LogP contribution in [0.15, 0.2) is 78.9 Å². The molecule has 172 valence electrons. The van der Waals surface area contributed by atoms with Gasteiger partial charge in [-0.15, -0.1) is 0 Å². The van der Waals surface area contributed by atoms with Crippen molar-refractivity contribution >= 4 is 28.9 Å². The largest absolute Gasteiger partial charge is 0.490 e. The van der Waals surface area contributed by atoms with Crippen molar-refractivity contribution in [3.8, 4) is 11.5 Å². The van der Waals surface area contributed by atoms with E-state index < -0.39 is 0 Å². The second-order valence-corrected chi connectivity index (χ2v) is 7.28. The number of para-hydroxylation sites is 3. The van der Waals surface area contributed by atoms with E-state index in [1.165, 1.54) is 0 Å². The average Bonchev–Trinajstić information content (AvgIpc) is 2.83. The number of anilines is 3. The van der Waals surface area contributed by atoms with Crippen LogP contribution in [0.4, 0.5) is 17.1 Å². The van der Waals surface area contributed by atoms with Gasteiger partial charge < -0.3 is 25.4 Å². The Morgan fingerprint density at radius 1 is 0.727 bits per heavy atom. The van der Waals surface area contributed by atoms with Gasteiger partial charge in [-0.05, 0) is 55.0 Å². The molecule has 3 aromatic carbocycles. The van der Waals surface area contributed by atoms with Crippen molar-refractivity contribution in [3.63, 3.8) is 0 Å². The van der Waals surface area contributed by atoms with E-state index in [9.17, 15) is 9.59 Å². The first-order valence-corrected chi connectivity index (χ1v) is 11.0. The Kier molecular flexibility index (Phi) is 9.15. The zero-order valence-corrected chi connectivity index (χ0v) is 18.7. The van der Waals surface area contributed by atoms with E-state index in [1.807, 2.05) is 61.5 Å². The third-order valence-electron chi connectivity index (χ3n) is 4.61. The molecule has 0 saturated carbocycles. The summed E-state index contributed by atoms with van der Waals surface area (Å²) in [6.07, 6.45) is 1.28. The summed E-state index contributed by atoms with van der Waals surface area (Å²) < 4.78 is 11.5. The van der Waals surface area contributed by atoms with Gasteiger partial charge in [-0.25, -0.2) is 0 Å². The molecule has 0 atom stereocenters. The zero-order valence-electron chi connectivity index (χ0n) is 18.7. The highest BCUT2D eigenvalue weighted by Crippen LogP contribution is 2.23. The second kappa shape index (κ2) is 12.8. The number of ether oxygens (including phenoxy) is 2. The monoisotopic (exact) mass is 447 g/mol. The molecule has 0 saturated heterocycles. The van der Waals surface area contributed by atoms with Crippen LogP contribution in [0.2, 0.25) is 0 Å². The summed E-state index contributed by atoms with van der Waals surface area (Å²) in [6, 6.07) is 24.0. The number of rotatable bonds is 12. The molecular weight excluding hydrogens is 418 g/mol. The molecule has 7 heteroatoms. The molecule has 0 bridgehead atoms. The maximum Gasteiger partial charge on any atom is 0.243 e. The molecule has 0 fully saturated rings. The number of carbonyl (C=O) groups excluding carboxylic acids is 2.